The first-order valence-electron chi connectivity index (χ1n) is 5.86. The van der Waals surface area contributed by atoms with Crippen molar-refractivity contribution >= 4 is 15.7 Å². The van der Waals surface area contributed by atoms with E-state index >= 15 is 0 Å². The molecule has 20 heavy (non-hydrogen) atoms. The number of carbonyl (C=O) groups excluding carboxylic acids is 1. The first-order valence-corrected chi connectivity index (χ1v) is 7.92. The van der Waals surface area contributed by atoms with E-state index in [4.69, 9.17) is 5.11 Å². The second-order valence-corrected chi connectivity index (χ2v) is 6.54. The van der Waals surface area contributed by atoms with Crippen molar-refractivity contribution < 1.29 is 18.3 Å². The van der Waals surface area contributed by atoms with Crippen molar-refractivity contribution in [3.63, 3.8) is 0 Å². The molecule has 1 aromatic heterocycles. The average Bonchev–Trinajstić information content (AvgIpc) is 2.34. The molecule has 6 nitrogen and oxygen atoms in total. The Morgan fingerprint density at radius 3 is 2.70 bits per heavy atom. The van der Waals surface area contributed by atoms with Gasteiger partial charge < -0.3 is 10.4 Å². The summed E-state index contributed by atoms with van der Waals surface area (Å²) in [5.74, 6) is 4.56. The van der Waals surface area contributed by atoms with E-state index in [0.29, 0.717) is 5.56 Å². The van der Waals surface area contributed by atoms with E-state index in [1.54, 1.807) is 13.0 Å². The number of aromatic nitrogens is 1. The maximum atomic E-state index is 11.8. The van der Waals surface area contributed by atoms with Gasteiger partial charge in [0.25, 0.3) is 5.91 Å². The summed E-state index contributed by atoms with van der Waals surface area (Å²) in [6.45, 7) is 1.37. The van der Waals surface area contributed by atoms with Crippen LogP contribution in [0.4, 0.5) is 0 Å². The topological polar surface area (TPSA) is 96.4 Å². The molecule has 0 aliphatic heterocycles. The Morgan fingerprint density at radius 2 is 2.20 bits per heavy atom. The molecule has 0 spiro atoms. The van der Waals surface area contributed by atoms with Crippen LogP contribution in [0.25, 0.3) is 0 Å². The highest BCUT2D eigenvalue weighted by Gasteiger charge is 2.14. The lowest BCUT2D eigenvalue weighted by atomic mass is 10.2. The smallest absolute Gasteiger partial charge is 0.270 e. The summed E-state index contributed by atoms with van der Waals surface area (Å²) in [6.07, 6.45) is 2.53. The molecule has 0 bridgehead atoms. The second kappa shape index (κ2) is 7.03. The van der Waals surface area contributed by atoms with Crippen LogP contribution in [-0.2, 0) is 9.84 Å². The summed E-state index contributed by atoms with van der Waals surface area (Å²) in [6, 6.07) is 2.60. The Labute approximate surface area is 118 Å². The molecule has 0 fully saturated rings. The average molecular weight is 296 g/mol. The molecule has 1 aromatic rings. The number of hydrogen-bond acceptors (Lipinski definition) is 5. The SMILES string of the molecule is CC(CS(C)(=O)=O)NC(=O)c1ccc(C#CCO)cn1. The highest BCUT2D eigenvalue weighted by molar-refractivity contribution is 7.90. The predicted octanol–water partition coefficient (Wildman–Crippen LogP) is -0.412. The standard InChI is InChI=1S/C13H16N2O4S/c1-10(9-20(2,18)19)15-13(17)12-6-5-11(8-14-12)4-3-7-16/h5-6,8,10,16H,7,9H2,1-2H3,(H,15,17). The fourth-order valence-corrected chi connectivity index (χ4v) is 2.53. The molecule has 1 amide bonds. The molecular formula is C13H16N2O4S. The van der Waals surface area contributed by atoms with Gasteiger partial charge >= 0.3 is 0 Å². The van der Waals surface area contributed by atoms with Gasteiger partial charge in [-0.05, 0) is 19.1 Å². The van der Waals surface area contributed by atoms with Crippen LogP contribution >= 0.6 is 0 Å². The van der Waals surface area contributed by atoms with Crippen molar-refractivity contribution in [3.8, 4) is 11.8 Å². The second-order valence-electron chi connectivity index (χ2n) is 4.36. The van der Waals surface area contributed by atoms with E-state index in [0.717, 1.165) is 6.26 Å². The number of pyridine rings is 1. The molecule has 1 atom stereocenters. The largest absolute Gasteiger partial charge is 0.384 e. The molecular weight excluding hydrogens is 280 g/mol. The van der Waals surface area contributed by atoms with Crippen molar-refractivity contribution in [2.75, 3.05) is 18.6 Å². The number of amides is 1. The van der Waals surface area contributed by atoms with Gasteiger partial charge in [0.1, 0.15) is 22.1 Å². The van der Waals surface area contributed by atoms with E-state index in [1.807, 2.05) is 0 Å². The molecule has 2 N–H and O–H groups in total. The predicted molar refractivity (Wildman–Crippen MR) is 74.8 cm³/mol. The van der Waals surface area contributed by atoms with Crippen LogP contribution < -0.4 is 5.32 Å². The van der Waals surface area contributed by atoms with Crippen molar-refractivity contribution in [2.24, 2.45) is 0 Å². The minimum absolute atomic E-state index is 0.126. The highest BCUT2D eigenvalue weighted by Crippen LogP contribution is 2.00. The summed E-state index contributed by atoms with van der Waals surface area (Å²) in [5.41, 5.74) is 0.764. The minimum Gasteiger partial charge on any atom is -0.384 e. The van der Waals surface area contributed by atoms with E-state index < -0.39 is 21.8 Å². The number of carbonyl (C=O) groups is 1. The summed E-state index contributed by atoms with van der Waals surface area (Å²) in [4.78, 5) is 15.8. The minimum atomic E-state index is -3.15. The number of nitrogens with zero attached hydrogens (tertiary/aromatic N) is 1. The summed E-state index contributed by atoms with van der Waals surface area (Å²) >= 11 is 0. The van der Waals surface area contributed by atoms with E-state index in [1.165, 1.54) is 12.3 Å². The van der Waals surface area contributed by atoms with Crippen molar-refractivity contribution in [3.05, 3.63) is 29.6 Å². The van der Waals surface area contributed by atoms with Gasteiger partial charge in [0.15, 0.2) is 0 Å². The molecule has 0 aliphatic rings. The lowest BCUT2D eigenvalue weighted by Crippen LogP contribution is -2.37. The molecule has 0 saturated carbocycles. The van der Waals surface area contributed by atoms with Crippen LogP contribution in [-0.4, -0.2) is 49.1 Å². The first kappa shape index (κ1) is 16.1. The quantitative estimate of drug-likeness (QED) is 0.736. The van der Waals surface area contributed by atoms with Crippen LogP contribution in [0.1, 0.15) is 23.0 Å². The first-order chi connectivity index (χ1) is 9.31. The van der Waals surface area contributed by atoms with Gasteiger partial charge in [0.05, 0.1) is 5.75 Å². The van der Waals surface area contributed by atoms with Crippen LogP contribution in [0.5, 0.6) is 0 Å². The number of nitrogens with one attached hydrogen (secondary N) is 1. The monoisotopic (exact) mass is 296 g/mol. The fourth-order valence-electron chi connectivity index (χ4n) is 1.54. The molecule has 7 heteroatoms. The molecule has 0 aliphatic carbocycles. The van der Waals surface area contributed by atoms with Crippen LogP contribution in [0.15, 0.2) is 18.3 Å². The van der Waals surface area contributed by atoms with Crippen LogP contribution in [0.2, 0.25) is 0 Å². The third-order valence-corrected chi connectivity index (χ3v) is 3.34. The number of rotatable bonds is 4. The Bertz CT molecular complexity index is 627. The normalized spacial score (nSPS) is 12.2. The zero-order valence-electron chi connectivity index (χ0n) is 11.3. The Morgan fingerprint density at radius 1 is 1.50 bits per heavy atom. The Kier molecular flexibility index (Phi) is 5.67. The van der Waals surface area contributed by atoms with Gasteiger partial charge in [0.2, 0.25) is 0 Å². The molecule has 1 heterocycles. The summed E-state index contributed by atoms with van der Waals surface area (Å²) in [7, 11) is -3.15. The number of hydrogen-bond donors (Lipinski definition) is 2. The maximum absolute atomic E-state index is 11.8. The zero-order chi connectivity index (χ0) is 15.2. The molecule has 108 valence electrons. The van der Waals surface area contributed by atoms with Gasteiger partial charge in [-0.15, -0.1) is 0 Å². The van der Waals surface area contributed by atoms with Crippen LogP contribution in [0.3, 0.4) is 0 Å². The van der Waals surface area contributed by atoms with Gasteiger partial charge in [-0.1, -0.05) is 11.8 Å². The van der Waals surface area contributed by atoms with Gasteiger partial charge in [-0.2, -0.15) is 0 Å². The fraction of sp³-hybridized carbons (Fsp3) is 0.385. The third kappa shape index (κ3) is 5.82. The molecule has 1 rings (SSSR count). The lowest BCUT2D eigenvalue weighted by Gasteiger charge is -2.12. The molecule has 0 aromatic carbocycles. The van der Waals surface area contributed by atoms with Crippen molar-refractivity contribution in [2.45, 2.75) is 13.0 Å². The zero-order valence-corrected chi connectivity index (χ0v) is 12.1. The van der Waals surface area contributed by atoms with E-state index in [2.05, 4.69) is 22.1 Å². The van der Waals surface area contributed by atoms with Gasteiger partial charge in [0, 0.05) is 24.1 Å². The van der Waals surface area contributed by atoms with Crippen molar-refractivity contribution in [1.82, 2.24) is 10.3 Å². The lowest BCUT2D eigenvalue weighted by molar-refractivity contribution is 0.0938. The molecule has 0 saturated heterocycles. The summed E-state index contributed by atoms with van der Waals surface area (Å²) < 4.78 is 22.2. The maximum Gasteiger partial charge on any atom is 0.270 e. The van der Waals surface area contributed by atoms with E-state index in [9.17, 15) is 13.2 Å². The molecule has 0 radical (unpaired) electrons. The van der Waals surface area contributed by atoms with Crippen LogP contribution in [0, 0.1) is 11.8 Å². The number of sulfone groups is 1. The Hall–Kier alpha value is -1.91. The Balaban J connectivity index is 2.68. The highest BCUT2D eigenvalue weighted by atomic mass is 32.2. The van der Waals surface area contributed by atoms with Gasteiger partial charge in [-0.25, -0.2) is 13.4 Å². The van der Waals surface area contributed by atoms with E-state index in [-0.39, 0.29) is 18.1 Å². The number of aliphatic hydroxyl groups excluding tert-OH is 1. The molecule has 1 unspecified atom stereocenters. The summed E-state index contributed by atoms with van der Waals surface area (Å²) in [5, 5.41) is 11.1. The van der Waals surface area contributed by atoms with Crippen molar-refractivity contribution in [1.29, 1.82) is 0 Å². The number of aliphatic hydroxyl groups is 1. The third-order valence-electron chi connectivity index (χ3n) is 2.24. The van der Waals surface area contributed by atoms with Gasteiger partial charge in [-0.3, -0.25) is 4.79 Å².